The van der Waals surface area contributed by atoms with E-state index in [2.05, 4.69) is 41.3 Å². The number of benzene rings is 2. The van der Waals surface area contributed by atoms with E-state index in [9.17, 15) is 4.79 Å². The van der Waals surface area contributed by atoms with Crippen LogP contribution in [-0.4, -0.2) is 68.6 Å². The van der Waals surface area contributed by atoms with Crippen LogP contribution >= 0.6 is 0 Å². The second-order valence-corrected chi connectivity index (χ2v) is 7.19. The molecule has 1 heterocycles. The minimum atomic E-state index is -0.0769. The molecule has 1 atom stereocenters. The molecular weight excluding hydrogens is 338 g/mol. The van der Waals surface area contributed by atoms with Gasteiger partial charge in [0.1, 0.15) is 5.75 Å². The first-order valence-corrected chi connectivity index (χ1v) is 9.56. The molecule has 1 amide bonds. The van der Waals surface area contributed by atoms with Crippen LogP contribution in [0.25, 0.3) is 0 Å². The van der Waals surface area contributed by atoms with E-state index >= 15 is 0 Å². The average Bonchev–Trinajstić information content (AvgIpc) is 2.69. The van der Waals surface area contributed by atoms with Crippen molar-refractivity contribution < 1.29 is 9.53 Å². The summed E-state index contributed by atoms with van der Waals surface area (Å²) in [7, 11) is 4.24. The minimum absolute atomic E-state index is 0.0769. The van der Waals surface area contributed by atoms with Crippen molar-refractivity contribution >= 4 is 5.91 Å². The number of piperazine rings is 1. The highest BCUT2D eigenvalue weighted by Crippen LogP contribution is 2.18. The van der Waals surface area contributed by atoms with E-state index in [4.69, 9.17) is 4.74 Å². The average molecular weight is 367 g/mol. The minimum Gasteiger partial charge on any atom is -0.492 e. The Kier molecular flexibility index (Phi) is 6.85. The molecule has 1 aliphatic rings. The van der Waals surface area contributed by atoms with E-state index in [1.807, 2.05) is 42.5 Å². The molecule has 0 bridgehead atoms. The molecule has 1 fully saturated rings. The van der Waals surface area contributed by atoms with Gasteiger partial charge in [0.25, 0.3) is 5.91 Å². The monoisotopic (exact) mass is 367 g/mol. The van der Waals surface area contributed by atoms with Crippen molar-refractivity contribution in [3.8, 4) is 5.75 Å². The number of nitrogens with zero attached hydrogens (tertiary/aromatic N) is 2. The van der Waals surface area contributed by atoms with Crippen molar-refractivity contribution in [3.63, 3.8) is 0 Å². The summed E-state index contributed by atoms with van der Waals surface area (Å²) in [6, 6.07) is 18.0. The van der Waals surface area contributed by atoms with E-state index in [-0.39, 0.29) is 5.91 Å². The Morgan fingerprint density at radius 3 is 2.63 bits per heavy atom. The molecular formula is C22H29N3O2. The third-order valence-electron chi connectivity index (χ3n) is 5.10. The molecule has 5 heteroatoms. The van der Waals surface area contributed by atoms with E-state index in [0.29, 0.717) is 30.5 Å². The van der Waals surface area contributed by atoms with Crippen LogP contribution in [0.4, 0.5) is 0 Å². The van der Waals surface area contributed by atoms with Gasteiger partial charge in [-0.1, -0.05) is 42.5 Å². The maximum atomic E-state index is 12.7. The van der Waals surface area contributed by atoms with Crippen molar-refractivity contribution in [1.29, 1.82) is 0 Å². The van der Waals surface area contributed by atoms with Gasteiger partial charge in [0, 0.05) is 38.6 Å². The number of ether oxygens (including phenoxy) is 1. The molecule has 1 aliphatic heterocycles. The van der Waals surface area contributed by atoms with Crippen LogP contribution in [0, 0.1) is 0 Å². The number of hydrogen-bond acceptors (Lipinski definition) is 4. The summed E-state index contributed by atoms with van der Waals surface area (Å²) < 4.78 is 5.91. The van der Waals surface area contributed by atoms with E-state index in [0.717, 1.165) is 26.1 Å². The van der Waals surface area contributed by atoms with Crippen LogP contribution in [0.15, 0.2) is 54.6 Å². The van der Waals surface area contributed by atoms with Crippen molar-refractivity contribution in [3.05, 3.63) is 65.7 Å². The highest BCUT2D eigenvalue weighted by Gasteiger charge is 2.23. The maximum Gasteiger partial charge on any atom is 0.255 e. The molecule has 0 saturated carbocycles. The second-order valence-electron chi connectivity index (χ2n) is 7.19. The van der Waals surface area contributed by atoms with Crippen LogP contribution in [0.1, 0.15) is 15.9 Å². The van der Waals surface area contributed by atoms with E-state index < -0.39 is 0 Å². The lowest BCUT2D eigenvalue weighted by atomic mass is 10.1. The molecule has 3 rings (SSSR count). The molecule has 1 N–H and O–H groups in total. The van der Waals surface area contributed by atoms with Crippen molar-refractivity contribution in [2.75, 3.05) is 46.9 Å². The third kappa shape index (κ3) is 5.55. The smallest absolute Gasteiger partial charge is 0.255 e. The Morgan fingerprint density at radius 1 is 1.07 bits per heavy atom. The van der Waals surface area contributed by atoms with Crippen LogP contribution < -0.4 is 10.1 Å². The molecule has 144 valence electrons. The van der Waals surface area contributed by atoms with E-state index in [1.54, 1.807) is 0 Å². The van der Waals surface area contributed by atoms with Gasteiger partial charge < -0.3 is 15.0 Å². The fourth-order valence-electron chi connectivity index (χ4n) is 3.33. The van der Waals surface area contributed by atoms with Gasteiger partial charge in [0.15, 0.2) is 0 Å². The quantitative estimate of drug-likeness (QED) is 0.816. The fourth-order valence-corrected chi connectivity index (χ4v) is 3.33. The molecule has 2 aromatic rings. The molecule has 0 aliphatic carbocycles. The Bertz CT molecular complexity index is 735. The van der Waals surface area contributed by atoms with Crippen molar-refractivity contribution in [1.82, 2.24) is 15.1 Å². The lowest BCUT2D eigenvalue weighted by Crippen LogP contribution is -2.54. The molecule has 5 nitrogen and oxygen atoms in total. The summed E-state index contributed by atoms with van der Waals surface area (Å²) >= 11 is 0. The zero-order chi connectivity index (χ0) is 19.1. The lowest BCUT2D eigenvalue weighted by Gasteiger charge is -2.37. The summed E-state index contributed by atoms with van der Waals surface area (Å²) in [5.41, 5.74) is 1.82. The molecule has 0 aromatic heterocycles. The summed E-state index contributed by atoms with van der Waals surface area (Å²) in [5.74, 6) is 0.562. The Labute approximate surface area is 161 Å². The van der Waals surface area contributed by atoms with Crippen molar-refractivity contribution in [2.24, 2.45) is 0 Å². The van der Waals surface area contributed by atoms with Gasteiger partial charge in [-0.3, -0.25) is 9.69 Å². The standard InChI is InChI=1S/C22H29N3O2/c1-24-13-14-25(2)19(17-24)16-23-22(26)20-10-6-7-11-21(20)27-15-12-18-8-4-3-5-9-18/h3-11,19H,12-17H2,1-2H3,(H,23,26)/t19-/m0/s1. The first-order valence-electron chi connectivity index (χ1n) is 9.56. The molecule has 27 heavy (non-hydrogen) atoms. The van der Waals surface area contributed by atoms with Gasteiger partial charge >= 0.3 is 0 Å². The van der Waals surface area contributed by atoms with Gasteiger partial charge in [-0.25, -0.2) is 0 Å². The number of carbonyl (C=O) groups is 1. The number of para-hydroxylation sites is 1. The first kappa shape index (κ1) is 19.4. The lowest BCUT2D eigenvalue weighted by molar-refractivity contribution is 0.0878. The number of likely N-dealkylation sites (N-methyl/N-ethyl adjacent to an activating group) is 2. The van der Waals surface area contributed by atoms with Gasteiger partial charge in [0.2, 0.25) is 0 Å². The highest BCUT2D eigenvalue weighted by atomic mass is 16.5. The molecule has 0 spiro atoms. The van der Waals surface area contributed by atoms with Crippen molar-refractivity contribution in [2.45, 2.75) is 12.5 Å². The molecule has 0 unspecified atom stereocenters. The largest absolute Gasteiger partial charge is 0.492 e. The molecule has 2 aromatic carbocycles. The summed E-state index contributed by atoms with van der Waals surface area (Å²) in [6.07, 6.45) is 0.815. The Morgan fingerprint density at radius 2 is 1.81 bits per heavy atom. The maximum absolute atomic E-state index is 12.7. The highest BCUT2D eigenvalue weighted by molar-refractivity contribution is 5.96. The summed E-state index contributed by atoms with van der Waals surface area (Å²) in [4.78, 5) is 17.3. The predicted octanol–water partition coefficient (Wildman–Crippen LogP) is 2.28. The number of amides is 1. The van der Waals surface area contributed by atoms with Gasteiger partial charge in [-0.05, 0) is 31.8 Å². The number of carbonyl (C=O) groups excluding carboxylic acids is 1. The van der Waals surface area contributed by atoms with E-state index in [1.165, 1.54) is 5.56 Å². The topological polar surface area (TPSA) is 44.8 Å². The van der Waals surface area contributed by atoms with Crippen LogP contribution in [-0.2, 0) is 6.42 Å². The number of rotatable bonds is 7. The molecule has 0 radical (unpaired) electrons. The predicted molar refractivity (Wildman–Crippen MR) is 108 cm³/mol. The second kappa shape index (κ2) is 9.53. The van der Waals surface area contributed by atoms with Crippen LogP contribution in [0.3, 0.4) is 0 Å². The zero-order valence-electron chi connectivity index (χ0n) is 16.2. The first-order chi connectivity index (χ1) is 13.1. The van der Waals surface area contributed by atoms with Gasteiger partial charge in [-0.2, -0.15) is 0 Å². The summed E-state index contributed by atoms with van der Waals surface area (Å²) in [6.45, 7) is 4.24. The van der Waals surface area contributed by atoms with Gasteiger partial charge in [0.05, 0.1) is 12.2 Å². The van der Waals surface area contributed by atoms with Gasteiger partial charge in [-0.15, -0.1) is 0 Å². The third-order valence-corrected chi connectivity index (χ3v) is 5.10. The zero-order valence-corrected chi connectivity index (χ0v) is 16.2. The normalized spacial score (nSPS) is 18.2. The molecule has 1 saturated heterocycles. The van der Waals surface area contributed by atoms with Crippen LogP contribution in [0.5, 0.6) is 5.75 Å². The SMILES string of the molecule is CN1CCN(C)[C@@H](CNC(=O)c2ccccc2OCCc2ccccc2)C1. The Hall–Kier alpha value is -2.37. The number of hydrogen-bond donors (Lipinski definition) is 1. The van der Waals surface area contributed by atoms with Crippen LogP contribution in [0.2, 0.25) is 0 Å². The fraction of sp³-hybridized carbons (Fsp3) is 0.409. The Balaban J connectivity index is 1.55. The number of nitrogens with one attached hydrogen (secondary N) is 1. The summed E-state index contributed by atoms with van der Waals surface area (Å²) in [5, 5.41) is 3.08.